The first-order valence-corrected chi connectivity index (χ1v) is 6.75. The fraction of sp³-hybridized carbons (Fsp3) is 1.00. The second-order valence-corrected chi connectivity index (χ2v) is 6.17. The van der Waals surface area contributed by atoms with Crippen molar-refractivity contribution >= 4 is 7.82 Å². The van der Waals surface area contributed by atoms with Crippen LogP contribution in [0.15, 0.2) is 0 Å². The first kappa shape index (κ1) is 17.0. The zero-order chi connectivity index (χ0) is 13.5. The summed E-state index contributed by atoms with van der Waals surface area (Å²) >= 11 is 0. The summed E-state index contributed by atoms with van der Waals surface area (Å²) in [5.74, 6) is 0. The molecule has 7 nitrogen and oxygen atoms in total. The molecule has 0 aliphatic heterocycles. The summed E-state index contributed by atoms with van der Waals surface area (Å²) in [5.41, 5.74) is 0. The maximum atomic E-state index is 11.4. The van der Waals surface area contributed by atoms with Crippen molar-refractivity contribution in [3.63, 3.8) is 0 Å². The van der Waals surface area contributed by atoms with Crippen molar-refractivity contribution in [3.8, 4) is 0 Å². The topological polar surface area (TPSA) is 85.2 Å². The molecule has 0 saturated heterocycles. The van der Waals surface area contributed by atoms with Crippen LogP contribution in [0.3, 0.4) is 0 Å². The van der Waals surface area contributed by atoms with Gasteiger partial charge in [-0.2, -0.15) is 0 Å². The molecule has 0 aliphatic carbocycles. The first-order chi connectivity index (χ1) is 7.66. The second kappa shape index (κ2) is 7.43. The third kappa shape index (κ3) is 10.8. The zero-order valence-corrected chi connectivity index (χ0v) is 11.7. The Hall–Kier alpha value is -0.0100. The normalized spacial score (nSPS) is 17.8. The van der Waals surface area contributed by atoms with Gasteiger partial charge in [-0.25, -0.2) is 4.57 Å². The molecule has 0 aromatic heterocycles. The van der Waals surface area contributed by atoms with Crippen LogP contribution in [0.4, 0.5) is 0 Å². The maximum Gasteiger partial charge on any atom is 0.472 e. The molecular weight excluding hydrogens is 249 g/mol. The van der Waals surface area contributed by atoms with Crippen molar-refractivity contribution < 1.29 is 32.8 Å². The van der Waals surface area contributed by atoms with Crippen molar-refractivity contribution in [2.24, 2.45) is 0 Å². The predicted molar refractivity (Wildman–Crippen MR) is 62.5 cm³/mol. The second-order valence-electron chi connectivity index (χ2n) is 4.72. The molecule has 0 radical (unpaired) electrons. The van der Waals surface area contributed by atoms with Gasteiger partial charge in [0.05, 0.1) is 34.4 Å². The van der Waals surface area contributed by atoms with Crippen LogP contribution in [0.5, 0.6) is 0 Å². The minimum absolute atomic E-state index is 0.0406. The quantitative estimate of drug-likeness (QED) is 0.448. The molecule has 0 aromatic rings. The molecule has 2 N–H and O–H groups in total. The lowest BCUT2D eigenvalue weighted by Gasteiger charge is -2.24. The Balaban J connectivity index is 3.84. The third-order valence-electron chi connectivity index (χ3n) is 1.81. The minimum Gasteiger partial charge on any atom is -0.388 e. The van der Waals surface area contributed by atoms with Crippen LogP contribution < -0.4 is 0 Å². The smallest absolute Gasteiger partial charge is 0.388 e. The molecule has 8 heteroatoms. The van der Waals surface area contributed by atoms with Crippen LogP contribution in [0, 0.1) is 0 Å². The van der Waals surface area contributed by atoms with E-state index in [1.54, 1.807) is 0 Å². The minimum atomic E-state index is -4.08. The standard InChI is InChI=1S/C9H22NO6P/c1-10(2,3)5-6-15-17(12,13)16-8-9(11)7-14-4/h9,11H,5-8H2,1-4H3/p+1. The number of aliphatic hydroxyl groups excluding tert-OH is 1. The molecule has 104 valence electrons. The van der Waals surface area contributed by atoms with Crippen molar-refractivity contribution in [3.05, 3.63) is 0 Å². The van der Waals surface area contributed by atoms with Crippen LogP contribution in [-0.2, 0) is 18.3 Å². The van der Waals surface area contributed by atoms with E-state index in [-0.39, 0.29) is 19.8 Å². The Morgan fingerprint density at radius 2 is 1.82 bits per heavy atom. The highest BCUT2D eigenvalue weighted by molar-refractivity contribution is 7.47. The van der Waals surface area contributed by atoms with Gasteiger partial charge in [-0.1, -0.05) is 0 Å². The summed E-state index contributed by atoms with van der Waals surface area (Å²) in [5, 5.41) is 9.23. The molecule has 0 saturated carbocycles. The van der Waals surface area contributed by atoms with E-state index in [2.05, 4.69) is 9.26 Å². The SMILES string of the molecule is COCC(O)COP(=O)(O)OCC[N+](C)(C)C. The Morgan fingerprint density at radius 3 is 2.29 bits per heavy atom. The molecule has 2 unspecified atom stereocenters. The van der Waals surface area contributed by atoms with Crippen LogP contribution >= 0.6 is 7.82 Å². The number of methoxy groups -OCH3 is 1. The van der Waals surface area contributed by atoms with E-state index < -0.39 is 13.9 Å². The Bertz CT molecular complexity index is 254. The predicted octanol–water partition coefficient (Wildman–Crippen LogP) is -0.167. The highest BCUT2D eigenvalue weighted by Crippen LogP contribution is 2.43. The largest absolute Gasteiger partial charge is 0.472 e. The van der Waals surface area contributed by atoms with E-state index in [9.17, 15) is 14.6 Å². The molecule has 0 aliphatic rings. The lowest BCUT2D eigenvalue weighted by Crippen LogP contribution is -2.37. The van der Waals surface area contributed by atoms with Gasteiger partial charge in [0.25, 0.3) is 0 Å². The zero-order valence-electron chi connectivity index (χ0n) is 10.8. The molecule has 0 bridgehead atoms. The fourth-order valence-electron chi connectivity index (χ4n) is 0.888. The number of phosphoric acid groups is 1. The number of aliphatic hydroxyl groups is 1. The van der Waals surface area contributed by atoms with Crippen LogP contribution in [0.1, 0.15) is 0 Å². The van der Waals surface area contributed by atoms with Gasteiger partial charge >= 0.3 is 7.82 Å². The van der Waals surface area contributed by atoms with E-state index in [0.29, 0.717) is 11.0 Å². The highest BCUT2D eigenvalue weighted by atomic mass is 31.2. The number of hydrogen-bond donors (Lipinski definition) is 2. The molecular formula is C9H23NO6P+. The first-order valence-electron chi connectivity index (χ1n) is 5.25. The number of likely N-dealkylation sites (N-methyl/N-ethyl adjacent to an activating group) is 1. The lowest BCUT2D eigenvalue weighted by atomic mass is 10.4. The van der Waals surface area contributed by atoms with Crippen LogP contribution in [-0.4, -0.2) is 75.2 Å². The number of ether oxygens (including phenoxy) is 1. The number of hydrogen-bond acceptors (Lipinski definition) is 5. The highest BCUT2D eigenvalue weighted by Gasteiger charge is 2.23. The Kier molecular flexibility index (Phi) is 7.43. The number of rotatable bonds is 9. The number of nitrogens with zero attached hydrogens (tertiary/aromatic N) is 1. The van der Waals surface area contributed by atoms with E-state index in [1.807, 2.05) is 21.1 Å². The van der Waals surface area contributed by atoms with Crippen molar-refractivity contribution in [2.75, 3.05) is 54.6 Å². The Morgan fingerprint density at radius 1 is 1.24 bits per heavy atom. The van der Waals surface area contributed by atoms with Gasteiger partial charge in [-0.05, 0) is 0 Å². The summed E-state index contributed by atoms with van der Waals surface area (Å²) < 4.78 is 26.0. The van der Waals surface area contributed by atoms with Crippen LogP contribution in [0.25, 0.3) is 0 Å². The fourth-order valence-corrected chi connectivity index (χ4v) is 1.64. The van der Waals surface area contributed by atoms with Crippen molar-refractivity contribution in [1.82, 2.24) is 0 Å². The molecule has 2 atom stereocenters. The van der Waals surface area contributed by atoms with Gasteiger partial charge in [0, 0.05) is 7.11 Å². The van der Waals surface area contributed by atoms with Gasteiger partial charge in [-0.3, -0.25) is 9.05 Å². The molecule has 0 rings (SSSR count). The molecule has 17 heavy (non-hydrogen) atoms. The van der Waals surface area contributed by atoms with E-state index in [1.165, 1.54) is 7.11 Å². The van der Waals surface area contributed by atoms with Gasteiger partial charge < -0.3 is 19.2 Å². The lowest BCUT2D eigenvalue weighted by molar-refractivity contribution is -0.870. The summed E-state index contributed by atoms with van der Waals surface area (Å²) in [6, 6.07) is 0. The van der Waals surface area contributed by atoms with E-state index in [0.717, 1.165) is 0 Å². The molecule has 0 amide bonds. The number of quaternary nitrogens is 1. The molecule has 0 spiro atoms. The average molecular weight is 272 g/mol. The Labute approximate surface area is 102 Å². The summed E-state index contributed by atoms with van der Waals surface area (Å²) in [4.78, 5) is 9.28. The van der Waals surface area contributed by atoms with E-state index in [4.69, 9.17) is 4.52 Å². The van der Waals surface area contributed by atoms with Gasteiger partial charge in [0.15, 0.2) is 0 Å². The van der Waals surface area contributed by atoms with Crippen LogP contribution in [0.2, 0.25) is 0 Å². The monoisotopic (exact) mass is 272 g/mol. The van der Waals surface area contributed by atoms with Crippen molar-refractivity contribution in [2.45, 2.75) is 6.10 Å². The molecule has 0 aromatic carbocycles. The maximum absolute atomic E-state index is 11.4. The van der Waals surface area contributed by atoms with Gasteiger partial charge in [0.1, 0.15) is 19.3 Å². The summed E-state index contributed by atoms with van der Waals surface area (Å²) in [7, 11) is 3.15. The summed E-state index contributed by atoms with van der Waals surface area (Å²) in [6.07, 6.45) is -0.942. The summed E-state index contributed by atoms with van der Waals surface area (Å²) in [6.45, 7) is 0.428. The average Bonchev–Trinajstić information content (AvgIpc) is 2.13. The third-order valence-corrected chi connectivity index (χ3v) is 2.79. The van der Waals surface area contributed by atoms with E-state index >= 15 is 0 Å². The van der Waals surface area contributed by atoms with Gasteiger partial charge in [-0.15, -0.1) is 0 Å². The molecule has 0 heterocycles. The van der Waals surface area contributed by atoms with Gasteiger partial charge in [0.2, 0.25) is 0 Å². The van der Waals surface area contributed by atoms with Crippen molar-refractivity contribution in [1.29, 1.82) is 0 Å². The number of phosphoric ester groups is 1. The molecule has 0 fully saturated rings.